The summed E-state index contributed by atoms with van der Waals surface area (Å²) in [6.07, 6.45) is 1.32. The highest BCUT2D eigenvalue weighted by molar-refractivity contribution is 5.84. The van der Waals surface area contributed by atoms with Gasteiger partial charge in [-0.2, -0.15) is 0 Å². The monoisotopic (exact) mass is 312 g/mol. The maximum Gasteiger partial charge on any atom is 0.330 e. The summed E-state index contributed by atoms with van der Waals surface area (Å²) >= 11 is 0. The number of carbonyl (C=O) groups is 1. The van der Waals surface area contributed by atoms with E-state index in [1.54, 1.807) is 13.0 Å². The molecule has 6 nitrogen and oxygen atoms in total. The largest absolute Gasteiger partial charge is 0.458 e. The molecule has 1 saturated carbocycles. The third kappa shape index (κ3) is 3.20. The number of ether oxygens (including phenoxy) is 3. The molecule has 7 atom stereocenters. The Kier molecular flexibility index (Phi) is 4.54. The van der Waals surface area contributed by atoms with Crippen molar-refractivity contribution >= 4 is 5.97 Å². The second-order valence-corrected chi connectivity index (χ2v) is 6.62. The molecule has 3 rings (SSSR count). The molecule has 2 heterocycles. The lowest BCUT2D eigenvalue weighted by molar-refractivity contribution is -0.280. The van der Waals surface area contributed by atoms with Crippen LogP contribution in [0.2, 0.25) is 0 Å². The van der Waals surface area contributed by atoms with Crippen LogP contribution in [0.3, 0.4) is 0 Å². The molecule has 2 fully saturated rings. The van der Waals surface area contributed by atoms with Crippen molar-refractivity contribution in [2.45, 2.75) is 76.3 Å². The molecule has 0 radical (unpaired) electrons. The van der Waals surface area contributed by atoms with Gasteiger partial charge in [0.2, 0.25) is 0 Å². The first-order valence-electron chi connectivity index (χ1n) is 8.00. The van der Waals surface area contributed by atoms with Gasteiger partial charge >= 0.3 is 5.97 Å². The molecule has 0 aromatic rings. The van der Waals surface area contributed by atoms with Gasteiger partial charge < -0.3 is 24.4 Å². The molecule has 0 bridgehead atoms. The first kappa shape index (κ1) is 15.9. The van der Waals surface area contributed by atoms with Crippen molar-refractivity contribution in [3.63, 3.8) is 0 Å². The predicted molar refractivity (Wildman–Crippen MR) is 76.8 cm³/mol. The summed E-state index contributed by atoms with van der Waals surface area (Å²) in [6, 6.07) is 0. The minimum Gasteiger partial charge on any atom is -0.458 e. The van der Waals surface area contributed by atoms with Crippen molar-refractivity contribution in [2.24, 2.45) is 5.92 Å². The zero-order valence-electron chi connectivity index (χ0n) is 13.0. The van der Waals surface area contributed by atoms with Gasteiger partial charge in [0.25, 0.3) is 0 Å². The zero-order chi connectivity index (χ0) is 15.9. The van der Waals surface area contributed by atoms with Crippen LogP contribution in [0.5, 0.6) is 0 Å². The first-order valence-corrected chi connectivity index (χ1v) is 8.00. The van der Waals surface area contributed by atoms with E-state index in [-0.39, 0.29) is 36.6 Å². The Bertz CT molecular complexity index is 462. The van der Waals surface area contributed by atoms with Crippen molar-refractivity contribution in [3.05, 3.63) is 11.6 Å². The van der Waals surface area contributed by atoms with E-state index < -0.39 is 18.5 Å². The third-order valence-corrected chi connectivity index (χ3v) is 4.96. The second kappa shape index (κ2) is 6.28. The van der Waals surface area contributed by atoms with Crippen molar-refractivity contribution in [1.82, 2.24) is 0 Å². The molecule has 3 aliphatic rings. The highest BCUT2D eigenvalue weighted by Crippen LogP contribution is 2.37. The molecule has 0 spiro atoms. The van der Waals surface area contributed by atoms with Crippen LogP contribution in [0.1, 0.15) is 39.5 Å². The molecule has 1 aliphatic carbocycles. The predicted octanol–water partition coefficient (Wildman–Crippen LogP) is 0.900. The van der Waals surface area contributed by atoms with Crippen molar-refractivity contribution in [3.8, 4) is 0 Å². The fraction of sp³-hybridized carbons (Fsp3) is 0.812. The van der Waals surface area contributed by atoms with Crippen LogP contribution in [-0.2, 0) is 19.0 Å². The second-order valence-electron chi connectivity index (χ2n) is 6.62. The SMILES string of the molecule is CC1=CC(=O)OC2CC(O[C@@H]3O[C@@H](C)[C@@H](O)C[C@@H]3O)CCC12. The Morgan fingerprint density at radius 3 is 2.77 bits per heavy atom. The Balaban J connectivity index is 1.59. The summed E-state index contributed by atoms with van der Waals surface area (Å²) in [5, 5.41) is 19.7. The smallest absolute Gasteiger partial charge is 0.330 e. The van der Waals surface area contributed by atoms with Gasteiger partial charge in [-0.05, 0) is 26.7 Å². The number of hydrogen-bond acceptors (Lipinski definition) is 6. The molecule has 2 aliphatic heterocycles. The Labute approximate surface area is 130 Å². The van der Waals surface area contributed by atoms with E-state index in [0.717, 1.165) is 18.4 Å². The summed E-state index contributed by atoms with van der Waals surface area (Å²) in [7, 11) is 0. The fourth-order valence-electron chi connectivity index (χ4n) is 3.60. The highest BCUT2D eigenvalue weighted by Gasteiger charge is 2.41. The van der Waals surface area contributed by atoms with Crippen LogP contribution < -0.4 is 0 Å². The van der Waals surface area contributed by atoms with Crippen LogP contribution in [0.4, 0.5) is 0 Å². The summed E-state index contributed by atoms with van der Waals surface area (Å²) in [5.74, 6) is -0.0133. The minimum absolute atomic E-state index is 0.109. The van der Waals surface area contributed by atoms with Gasteiger partial charge in [0.05, 0.1) is 18.3 Å². The van der Waals surface area contributed by atoms with E-state index in [1.165, 1.54) is 0 Å². The molecule has 0 aromatic carbocycles. The lowest BCUT2D eigenvalue weighted by atomic mass is 9.79. The van der Waals surface area contributed by atoms with Gasteiger partial charge in [0.15, 0.2) is 6.29 Å². The van der Waals surface area contributed by atoms with Crippen LogP contribution in [-0.4, -0.2) is 53.0 Å². The van der Waals surface area contributed by atoms with Crippen LogP contribution in [0.15, 0.2) is 11.6 Å². The molecule has 124 valence electrons. The molecule has 0 aromatic heterocycles. The van der Waals surface area contributed by atoms with Crippen LogP contribution >= 0.6 is 0 Å². The molecular weight excluding hydrogens is 288 g/mol. The van der Waals surface area contributed by atoms with Crippen molar-refractivity contribution in [2.75, 3.05) is 0 Å². The fourth-order valence-corrected chi connectivity index (χ4v) is 3.60. The topological polar surface area (TPSA) is 85.2 Å². The van der Waals surface area contributed by atoms with Crippen molar-refractivity contribution < 1.29 is 29.2 Å². The first-order chi connectivity index (χ1) is 10.4. The summed E-state index contributed by atoms with van der Waals surface area (Å²) < 4.78 is 16.8. The average Bonchev–Trinajstić information content (AvgIpc) is 2.44. The Morgan fingerprint density at radius 1 is 1.23 bits per heavy atom. The molecule has 2 N–H and O–H groups in total. The molecule has 1 saturated heterocycles. The van der Waals surface area contributed by atoms with Gasteiger partial charge in [-0.3, -0.25) is 0 Å². The van der Waals surface area contributed by atoms with Gasteiger partial charge in [-0.1, -0.05) is 5.57 Å². The molecule has 3 unspecified atom stereocenters. The average molecular weight is 312 g/mol. The number of rotatable bonds is 2. The van der Waals surface area contributed by atoms with Gasteiger partial charge in [0, 0.05) is 24.8 Å². The number of fused-ring (bicyclic) bond motifs is 1. The van der Waals surface area contributed by atoms with Gasteiger partial charge in [0.1, 0.15) is 12.2 Å². The summed E-state index contributed by atoms with van der Waals surface area (Å²) in [4.78, 5) is 11.5. The van der Waals surface area contributed by atoms with Crippen molar-refractivity contribution in [1.29, 1.82) is 0 Å². The minimum atomic E-state index is -0.834. The zero-order valence-corrected chi connectivity index (χ0v) is 13.0. The Hall–Kier alpha value is -0.950. The lowest BCUT2D eigenvalue weighted by Crippen LogP contribution is -2.49. The van der Waals surface area contributed by atoms with E-state index in [2.05, 4.69) is 0 Å². The van der Waals surface area contributed by atoms with E-state index in [4.69, 9.17) is 14.2 Å². The maximum atomic E-state index is 11.5. The highest BCUT2D eigenvalue weighted by atomic mass is 16.7. The van der Waals surface area contributed by atoms with E-state index in [0.29, 0.717) is 6.42 Å². The number of hydrogen-bond donors (Lipinski definition) is 2. The molecule has 6 heteroatoms. The van der Waals surface area contributed by atoms with Crippen LogP contribution in [0, 0.1) is 5.92 Å². The third-order valence-electron chi connectivity index (χ3n) is 4.96. The quantitative estimate of drug-likeness (QED) is 0.737. The van der Waals surface area contributed by atoms with Gasteiger partial charge in [-0.15, -0.1) is 0 Å². The standard InChI is InChI=1S/C16H24O6/c1-8-5-15(19)22-14-6-10(3-4-11(8)14)21-16-13(18)7-12(17)9(2)20-16/h5,9-14,16-18H,3-4,6-7H2,1-2H3/t9-,10?,11?,12-,13-,14?,16-/m0/s1. The normalized spacial score (nSPS) is 45.7. The number of carbonyl (C=O) groups excluding carboxylic acids is 1. The summed E-state index contributed by atoms with van der Waals surface area (Å²) in [5.41, 5.74) is 1.07. The Morgan fingerprint density at radius 2 is 2.00 bits per heavy atom. The number of aliphatic hydroxyl groups is 2. The molecule has 0 amide bonds. The maximum absolute atomic E-state index is 11.5. The molecular formula is C16H24O6. The van der Waals surface area contributed by atoms with E-state index in [1.807, 2.05) is 6.92 Å². The summed E-state index contributed by atoms with van der Waals surface area (Å²) in [6.45, 7) is 3.73. The number of aliphatic hydroxyl groups excluding tert-OH is 2. The number of esters is 1. The van der Waals surface area contributed by atoms with E-state index >= 15 is 0 Å². The molecule has 22 heavy (non-hydrogen) atoms. The lowest BCUT2D eigenvalue weighted by Gasteiger charge is -2.41. The van der Waals surface area contributed by atoms with Crippen LogP contribution in [0.25, 0.3) is 0 Å². The van der Waals surface area contributed by atoms with Gasteiger partial charge in [-0.25, -0.2) is 4.79 Å². The van der Waals surface area contributed by atoms with E-state index in [9.17, 15) is 15.0 Å².